The maximum Gasteiger partial charge on any atom is 0.267 e. The van der Waals surface area contributed by atoms with E-state index in [0.29, 0.717) is 11.7 Å². The Bertz CT molecular complexity index is 624. The van der Waals surface area contributed by atoms with Crippen LogP contribution in [0.25, 0.3) is 11.0 Å². The zero-order chi connectivity index (χ0) is 14.1. The minimum absolute atomic E-state index is 0.0121. The summed E-state index contributed by atoms with van der Waals surface area (Å²) in [6.45, 7) is 4.31. The second kappa shape index (κ2) is 5.27. The number of aromatic amines is 1. The van der Waals surface area contributed by atoms with E-state index in [1.807, 2.05) is 19.1 Å². The highest BCUT2D eigenvalue weighted by atomic mass is 16.1. The fourth-order valence-corrected chi connectivity index (χ4v) is 2.95. The van der Waals surface area contributed by atoms with Gasteiger partial charge in [-0.05, 0) is 56.2 Å². The van der Waals surface area contributed by atoms with E-state index in [1.165, 1.54) is 12.8 Å². The van der Waals surface area contributed by atoms with E-state index in [1.54, 1.807) is 6.20 Å². The maximum absolute atomic E-state index is 12.3. The Labute approximate surface area is 119 Å². The number of nitrogens with zero attached hydrogens (tertiary/aromatic N) is 1. The molecule has 0 saturated heterocycles. The van der Waals surface area contributed by atoms with E-state index in [2.05, 4.69) is 22.2 Å². The Balaban J connectivity index is 1.74. The molecule has 0 aromatic carbocycles. The summed E-state index contributed by atoms with van der Waals surface area (Å²) in [5.74, 6) is 0.782. The summed E-state index contributed by atoms with van der Waals surface area (Å²) in [7, 11) is 0. The molecule has 4 nitrogen and oxygen atoms in total. The molecular weight excluding hydrogens is 250 g/mol. The highest BCUT2D eigenvalue weighted by Gasteiger charge is 2.21. The zero-order valence-electron chi connectivity index (χ0n) is 12.1. The van der Waals surface area contributed by atoms with E-state index in [-0.39, 0.29) is 5.91 Å². The number of carbonyl (C=O) groups is 1. The van der Waals surface area contributed by atoms with Crippen LogP contribution in [0.1, 0.15) is 48.7 Å². The van der Waals surface area contributed by atoms with Crippen LogP contribution in [0.2, 0.25) is 0 Å². The number of aryl methyl sites for hydroxylation is 1. The van der Waals surface area contributed by atoms with Crippen molar-refractivity contribution in [2.24, 2.45) is 5.92 Å². The minimum atomic E-state index is -0.0121. The number of amides is 1. The van der Waals surface area contributed by atoms with E-state index < -0.39 is 0 Å². The van der Waals surface area contributed by atoms with Crippen LogP contribution in [0.5, 0.6) is 0 Å². The molecule has 0 bridgehead atoms. The summed E-state index contributed by atoms with van der Waals surface area (Å²) in [5, 5.41) is 4.16. The number of carbonyl (C=O) groups excluding carboxylic acids is 1. The molecule has 0 aliphatic heterocycles. The van der Waals surface area contributed by atoms with Crippen LogP contribution in [0.15, 0.2) is 18.3 Å². The van der Waals surface area contributed by atoms with Crippen LogP contribution in [0.3, 0.4) is 0 Å². The van der Waals surface area contributed by atoms with Gasteiger partial charge in [0.25, 0.3) is 5.91 Å². The quantitative estimate of drug-likeness (QED) is 0.881. The van der Waals surface area contributed by atoms with Gasteiger partial charge in [-0.15, -0.1) is 0 Å². The summed E-state index contributed by atoms with van der Waals surface area (Å²) in [6, 6.07) is 4.18. The van der Waals surface area contributed by atoms with Crippen LogP contribution in [-0.2, 0) is 0 Å². The molecule has 2 aromatic heterocycles. The van der Waals surface area contributed by atoms with Crippen molar-refractivity contribution in [2.75, 3.05) is 0 Å². The van der Waals surface area contributed by atoms with Gasteiger partial charge in [0, 0.05) is 17.6 Å². The Morgan fingerprint density at radius 3 is 2.80 bits per heavy atom. The number of fused-ring (bicyclic) bond motifs is 1. The van der Waals surface area contributed by atoms with Gasteiger partial charge >= 0.3 is 0 Å². The molecule has 0 unspecified atom stereocenters. The average Bonchev–Trinajstić information content (AvgIpc) is 2.87. The molecule has 2 N–H and O–H groups in total. The van der Waals surface area contributed by atoms with Crippen LogP contribution in [-0.4, -0.2) is 21.9 Å². The molecular formula is C16H21N3O. The van der Waals surface area contributed by atoms with Gasteiger partial charge in [0.05, 0.1) is 0 Å². The number of pyridine rings is 1. The second-order valence-corrected chi connectivity index (χ2v) is 6.00. The molecule has 106 valence electrons. The smallest absolute Gasteiger partial charge is 0.267 e. The molecule has 4 heteroatoms. The topological polar surface area (TPSA) is 57.8 Å². The molecule has 1 amide bonds. The van der Waals surface area contributed by atoms with Gasteiger partial charge < -0.3 is 10.3 Å². The lowest BCUT2D eigenvalue weighted by Crippen LogP contribution is -2.37. The number of hydrogen-bond donors (Lipinski definition) is 2. The lowest BCUT2D eigenvalue weighted by molar-refractivity contribution is 0.0918. The largest absolute Gasteiger partial charge is 0.348 e. The SMILES string of the molecule is Cc1ccnc2[nH]c(C(=O)N[C@H]3CC[C@H](C)CC3)cc12. The normalized spacial score (nSPS) is 22.9. The first kappa shape index (κ1) is 13.2. The maximum atomic E-state index is 12.3. The summed E-state index contributed by atoms with van der Waals surface area (Å²) in [6.07, 6.45) is 6.35. The first-order chi connectivity index (χ1) is 9.63. The lowest BCUT2D eigenvalue weighted by Gasteiger charge is -2.26. The summed E-state index contributed by atoms with van der Waals surface area (Å²) in [5.41, 5.74) is 2.53. The summed E-state index contributed by atoms with van der Waals surface area (Å²) >= 11 is 0. The van der Waals surface area contributed by atoms with Crippen molar-refractivity contribution in [2.45, 2.75) is 45.6 Å². The third kappa shape index (κ3) is 2.55. The third-order valence-electron chi connectivity index (χ3n) is 4.35. The monoisotopic (exact) mass is 271 g/mol. The second-order valence-electron chi connectivity index (χ2n) is 6.00. The van der Waals surface area contributed by atoms with Gasteiger partial charge in [0.1, 0.15) is 11.3 Å². The number of H-pyrrole nitrogens is 1. The molecule has 0 spiro atoms. The summed E-state index contributed by atoms with van der Waals surface area (Å²) in [4.78, 5) is 19.7. The molecule has 1 fully saturated rings. The molecule has 0 atom stereocenters. The van der Waals surface area contributed by atoms with Crippen molar-refractivity contribution in [1.82, 2.24) is 15.3 Å². The van der Waals surface area contributed by atoms with Crippen molar-refractivity contribution in [3.05, 3.63) is 29.6 Å². The minimum Gasteiger partial charge on any atom is -0.348 e. The fraction of sp³-hybridized carbons (Fsp3) is 0.500. The van der Waals surface area contributed by atoms with Gasteiger partial charge in [-0.25, -0.2) is 4.98 Å². The van der Waals surface area contributed by atoms with Crippen molar-refractivity contribution in [1.29, 1.82) is 0 Å². The van der Waals surface area contributed by atoms with Gasteiger partial charge in [-0.1, -0.05) is 6.92 Å². The van der Waals surface area contributed by atoms with Crippen LogP contribution < -0.4 is 5.32 Å². The number of aromatic nitrogens is 2. The van der Waals surface area contributed by atoms with Gasteiger partial charge in [0.15, 0.2) is 0 Å². The van der Waals surface area contributed by atoms with E-state index >= 15 is 0 Å². The Morgan fingerprint density at radius 2 is 2.10 bits per heavy atom. The highest BCUT2D eigenvalue weighted by molar-refractivity contribution is 5.98. The van der Waals surface area contributed by atoms with Crippen LogP contribution >= 0.6 is 0 Å². The molecule has 2 aromatic rings. The van der Waals surface area contributed by atoms with Crippen LogP contribution in [0, 0.1) is 12.8 Å². The third-order valence-corrected chi connectivity index (χ3v) is 4.35. The fourth-order valence-electron chi connectivity index (χ4n) is 2.95. The average molecular weight is 271 g/mol. The van der Waals surface area contributed by atoms with E-state index in [4.69, 9.17) is 0 Å². The van der Waals surface area contributed by atoms with Gasteiger partial charge in [-0.3, -0.25) is 4.79 Å². The number of hydrogen-bond acceptors (Lipinski definition) is 2. The lowest BCUT2D eigenvalue weighted by atomic mass is 9.87. The van der Waals surface area contributed by atoms with Gasteiger partial charge in [0.2, 0.25) is 0 Å². The first-order valence-corrected chi connectivity index (χ1v) is 7.38. The highest BCUT2D eigenvalue weighted by Crippen LogP contribution is 2.24. The molecule has 1 aliphatic carbocycles. The first-order valence-electron chi connectivity index (χ1n) is 7.38. The van der Waals surface area contributed by atoms with Crippen molar-refractivity contribution >= 4 is 16.9 Å². The zero-order valence-corrected chi connectivity index (χ0v) is 12.1. The molecule has 0 radical (unpaired) electrons. The molecule has 1 aliphatic rings. The number of nitrogens with one attached hydrogen (secondary N) is 2. The predicted octanol–water partition coefficient (Wildman–Crippen LogP) is 3.18. The standard InChI is InChI=1S/C16H21N3O/c1-10-3-5-12(6-4-10)18-16(20)14-9-13-11(2)7-8-17-15(13)19-14/h7-10,12H,3-6H2,1-2H3,(H,17,19)(H,18,20)/t10-,12-. The van der Waals surface area contributed by atoms with Crippen molar-refractivity contribution in [3.8, 4) is 0 Å². The van der Waals surface area contributed by atoms with Crippen molar-refractivity contribution < 1.29 is 4.79 Å². The summed E-state index contributed by atoms with van der Waals surface area (Å²) < 4.78 is 0. The molecule has 2 heterocycles. The number of rotatable bonds is 2. The van der Waals surface area contributed by atoms with Crippen LogP contribution in [0.4, 0.5) is 0 Å². The van der Waals surface area contributed by atoms with E-state index in [0.717, 1.165) is 35.4 Å². The molecule has 3 rings (SSSR count). The Hall–Kier alpha value is -1.84. The van der Waals surface area contributed by atoms with Gasteiger partial charge in [-0.2, -0.15) is 0 Å². The molecule has 20 heavy (non-hydrogen) atoms. The Kier molecular flexibility index (Phi) is 3.47. The van der Waals surface area contributed by atoms with E-state index in [9.17, 15) is 4.79 Å². The Morgan fingerprint density at radius 1 is 1.35 bits per heavy atom. The predicted molar refractivity (Wildman–Crippen MR) is 79.7 cm³/mol. The van der Waals surface area contributed by atoms with Crippen molar-refractivity contribution in [3.63, 3.8) is 0 Å². The molecule has 1 saturated carbocycles.